The number of carbonyl (C=O) groups is 1. The molecule has 0 radical (unpaired) electrons. The molecular formula is C20H36O4. The van der Waals surface area contributed by atoms with E-state index < -0.39 is 0 Å². The van der Waals surface area contributed by atoms with Gasteiger partial charge in [0.15, 0.2) is 6.29 Å². The molecule has 0 amide bonds. The summed E-state index contributed by atoms with van der Waals surface area (Å²) >= 11 is 0. The molecule has 1 saturated carbocycles. The van der Waals surface area contributed by atoms with Crippen LogP contribution >= 0.6 is 0 Å². The van der Waals surface area contributed by atoms with Crippen LogP contribution in [-0.4, -0.2) is 31.6 Å². The summed E-state index contributed by atoms with van der Waals surface area (Å²) in [7, 11) is 0. The van der Waals surface area contributed by atoms with Gasteiger partial charge in [-0.15, -0.1) is 0 Å². The van der Waals surface area contributed by atoms with Crippen LogP contribution in [0.25, 0.3) is 0 Å². The quantitative estimate of drug-likeness (QED) is 0.468. The zero-order valence-electron chi connectivity index (χ0n) is 15.9. The minimum Gasteiger partial charge on any atom is -0.462 e. The zero-order valence-corrected chi connectivity index (χ0v) is 15.9. The van der Waals surface area contributed by atoms with E-state index in [1.54, 1.807) is 0 Å². The molecule has 0 N–H and O–H groups in total. The van der Waals surface area contributed by atoms with Crippen molar-refractivity contribution in [2.24, 2.45) is 11.3 Å². The maximum absolute atomic E-state index is 11.6. The molecular weight excluding hydrogens is 304 g/mol. The minimum absolute atomic E-state index is 0.00374. The Kier molecular flexibility index (Phi) is 8.02. The van der Waals surface area contributed by atoms with E-state index in [0.29, 0.717) is 12.3 Å². The largest absolute Gasteiger partial charge is 0.462 e. The van der Waals surface area contributed by atoms with Crippen LogP contribution in [0.3, 0.4) is 0 Å². The molecule has 1 aliphatic heterocycles. The summed E-state index contributed by atoms with van der Waals surface area (Å²) in [5, 5.41) is 0. The second-order valence-corrected chi connectivity index (χ2v) is 7.91. The zero-order chi connectivity index (χ0) is 17.4. The smallest absolute Gasteiger partial charge is 0.306 e. The third kappa shape index (κ3) is 5.73. The molecule has 1 aliphatic carbocycles. The van der Waals surface area contributed by atoms with E-state index >= 15 is 0 Å². The topological polar surface area (TPSA) is 44.8 Å². The maximum Gasteiger partial charge on any atom is 0.306 e. The number of esters is 1. The fourth-order valence-corrected chi connectivity index (χ4v) is 3.95. The molecule has 140 valence electrons. The summed E-state index contributed by atoms with van der Waals surface area (Å²) in [5.74, 6) is 0.571. The first-order valence-electron chi connectivity index (χ1n) is 10.00. The van der Waals surface area contributed by atoms with E-state index in [0.717, 1.165) is 51.7 Å². The standard InChI is InChI=1S/C20H36O4/c1-4-6-7-9-19-22-14-20(3,15-23-19)16-10-12-17(13-11-16)24-18(21)8-5-2/h16-17,19H,4-15H2,1-3H3/t16?,17?,19-,20+. The number of unbranched alkanes of at least 4 members (excludes halogenated alkanes) is 2. The minimum atomic E-state index is -0.0357. The number of carbonyl (C=O) groups excluding carboxylic acids is 1. The Morgan fingerprint density at radius 3 is 2.29 bits per heavy atom. The summed E-state index contributed by atoms with van der Waals surface area (Å²) in [6, 6.07) is 0. The van der Waals surface area contributed by atoms with Gasteiger partial charge in [0.1, 0.15) is 6.10 Å². The van der Waals surface area contributed by atoms with Crippen LogP contribution in [0.5, 0.6) is 0 Å². The summed E-state index contributed by atoms with van der Waals surface area (Å²) in [6.45, 7) is 8.12. The van der Waals surface area contributed by atoms with E-state index in [9.17, 15) is 4.79 Å². The second kappa shape index (κ2) is 9.76. The number of rotatable bonds is 8. The van der Waals surface area contributed by atoms with E-state index in [4.69, 9.17) is 14.2 Å². The molecule has 1 heterocycles. The van der Waals surface area contributed by atoms with Gasteiger partial charge in [-0.25, -0.2) is 0 Å². The van der Waals surface area contributed by atoms with Crippen molar-refractivity contribution in [2.45, 2.75) is 97.4 Å². The van der Waals surface area contributed by atoms with Gasteiger partial charge in [0.2, 0.25) is 0 Å². The predicted molar refractivity (Wildman–Crippen MR) is 94.7 cm³/mol. The van der Waals surface area contributed by atoms with Crippen LogP contribution in [-0.2, 0) is 19.0 Å². The average Bonchev–Trinajstić information content (AvgIpc) is 2.58. The Morgan fingerprint density at radius 1 is 1.04 bits per heavy atom. The van der Waals surface area contributed by atoms with Gasteiger partial charge in [-0.1, -0.05) is 33.6 Å². The Bertz CT molecular complexity index is 366. The van der Waals surface area contributed by atoms with Gasteiger partial charge in [-0.05, 0) is 50.9 Å². The predicted octanol–water partition coefficient (Wildman–Crippen LogP) is 4.85. The lowest BCUT2D eigenvalue weighted by atomic mass is 9.70. The normalized spacial score (nSPS) is 34.0. The lowest BCUT2D eigenvalue weighted by molar-refractivity contribution is -0.242. The molecule has 4 heteroatoms. The first-order chi connectivity index (χ1) is 11.6. The second-order valence-electron chi connectivity index (χ2n) is 7.91. The van der Waals surface area contributed by atoms with Crippen molar-refractivity contribution in [1.82, 2.24) is 0 Å². The fourth-order valence-electron chi connectivity index (χ4n) is 3.95. The average molecular weight is 341 g/mol. The fraction of sp³-hybridized carbons (Fsp3) is 0.950. The van der Waals surface area contributed by atoms with Crippen LogP contribution in [0.1, 0.15) is 85.0 Å². The molecule has 1 saturated heterocycles. The highest BCUT2D eigenvalue weighted by Gasteiger charge is 2.41. The molecule has 0 atom stereocenters. The monoisotopic (exact) mass is 340 g/mol. The lowest BCUT2D eigenvalue weighted by Gasteiger charge is -2.45. The first-order valence-corrected chi connectivity index (χ1v) is 10.00. The van der Waals surface area contributed by atoms with Crippen LogP contribution in [0.4, 0.5) is 0 Å². The molecule has 2 fully saturated rings. The Balaban J connectivity index is 1.71. The Labute approximate surface area is 147 Å². The first kappa shape index (κ1) is 19.7. The van der Waals surface area contributed by atoms with Gasteiger partial charge in [0, 0.05) is 11.8 Å². The highest BCUT2D eigenvalue weighted by Crippen LogP contribution is 2.42. The number of hydrogen-bond acceptors (Lipinski definition) is 4. The molecule has 0 unspecified atom stereocenters. The highest BCUT2D eigenvalue weighted by atomic mass is 16.7. The van der Waals surface area contributed by atoms with Crippen molar-refractivity contribution < 1.29 is 19.0 Å². The van der Waals surface area contributed by atoms with Gasteiger partial charge >= 0.3 is 5.97 Å². The third-order valence-electron chi connectivity index (χ3n) is 5.65. The van der Waals surface area contributed by atoms with Crippen LogP contribution in [0, 0.1) is 11.3 Å². The molecule has 0 aromatic heterocycles. The number of ether oxygens (including phenoxy) is 3. The molecule has 0 aromatic carbocycles. The van der Waals surface area contributed by atoms with E-state index in [-0.39, 0.29) is 23.8 Å². The highest BCUT2D eigenvalue weighted by molar-refractivity contribution is 5.69. The Hall–Kier alpha value is -0.610. The van der Waals surface area contributed by atoms with Crippen molar-refractivity contribution in [2.75, 3.05) is 13.2 Å². The van der Waals surface area contributed by atoms with Crippen molar-refractivity contribution in [3.63, 3.8) is 0 Å². The van der Waals surface area contributed by atoms with Crippen molar-refractivity contribution in [3.05, 3.63) is 0 Å². The van der Waals surface area contributed by atoms with Gasteiger partial charge in [0.25, 0.3) is 0 Å². The van der Waals surface area contributed by atoms with E-state index in [1.807, 2.05) is 6.92 Å². The van der Waals surface area contributed by atoms with Crippen molar-refractivity contribution >= 4 is 5.97 Å². The lowest BCUT2D eigenvalue weighted by Crippen LogP contribution is -2.46. The molecule has 24 heavy (non-hydrogen) atoms. The third-order valence-corrected chi connectivity index (χ3v) is 5.65. The molecule has 2 aliphatic rings. The molecule has 2 rings (SSSR count). The van der Waals surface area contributed by atoms with Crippen LogP contribution in [0.15, 0.2) is 0 Å². The molecule has 0 aromatic rings. The number of hydrogen-bond donors (Lipinski definition) is 0. The summed E-state index contributed by atoms with van der Waals surface area (Å²) in [4.78, 5) is 11.6. The summed E-state index contributed by atoms with van der Waals surface area (Å²) in [5.41, 5.74) is 0.111. The van der Waals surface area contributed by atoms with E-state index in [2.05, 4.69) is 13.8 Å². The van der Waals surface area contributed by atoms with Crippen molar-refractivity contribution in [3.8, 4) is 0 Å². The molecule has 0 bridgehead atoms. The van der Waals surface area contributed by atoms with Gasteiger partial charge in [0.05, 0.1) is 13.2 Å². The van der Waals surface area contributed by atoms with Crippen LogP contribution < -0.4 is 0 Å². The summed E-state index contributed by atoms with van der Waals surface area (Å²) < 4.78 is 17.6. The van der Waals surface area contributed by atoms with Gasteiger partial charge < -0.3 is 14.2 Å². The molecule has 0 spiro atoms. The Morgan fingerprint density at radius 2 is 1.71 bits per heavy atom. The SMILES string of the molecule is CCCCC[C@H]1OC[C@@](C)(C2CCC(OC(=O)CCC)CC2)CO1. The van der Waals surface area contributed by atoms with Crippen molar-refractivity contribution in [1.29, 1.82) is 0 Å². The van der Waals surface area contributed by atoms with Crippen LogP contribution in [0.2, 0.25) is 0 Å². The molecule has 4 nitrogen and oxygen atoms in total. The van der Waals surface area contributed by atoms with Gasteiger partial charge in [-0.3, -0.25) is 4.79 Å². The van der Waals surface area contributed by atoms with Gasteiger partial charge in [-0.2, -0.15) is 0 Å². The maximum atomic E-state index is 11.6. The summed E-state index contributed by atoms with van der Waals surface area (Å²) in [6.07, 6.45) is 10.4. The van der Waals surface area contributed by atoms with E-state index in [1.165, 1.54) is 19.3 Å².